The van der Waals surface area contributed by atoms with Crippen molar-refractivity contribution in [1.29, 1.82) is 5.26 Å². The summed E-state index contributed by atoms with van der Waals surface area (Å²) in [6.07, 6.45) is 3.80. The lowest BCUT2D eigenvalue weighted by atomic mass is 9.96. The molecular weight excluding hydrogens is 379 g/mol. The molecule has 0 unspecified atom stereocenters. The monoisotopic (exact) mass is 392 g/mol. The number of anilines is 1. The molecule has 1 amide bonds. The smallest absolute Gasteiger partial charge is 0.343 e. The van der Waals surface area contributed by atoms with E-state index >= 15 is 0 Å². The van der Waals surface area contributed by atoms with Crippen molar-refractivity contribution in [1.82, 2.24) is 0 Å². The molecule has 26 heavy (non-hydrogen) atoms. The number of fused-ring (bicyclic) bond motifs is 1. The molecule has 1 aliphatic rings. The third-order valence-corrected chi connectivity index (χ3v) is 5.56. The zero-order valence-corrected chi connectivity index (χ0v) is 15.2. The molecule has 134 valence electrons. The highest BCUT2D eigenvalue weighted by Crippen LogP contribution is 2.37. The molecule has 0 spiro atoms. The minimum Gasteiger partial charge on any atom is -0.452 e. The summed E-state index contributed by atoms with van der Waals surface area (Å²) < 4.78 is 18.5. The Kier molecular flexibility index (Phi) is 5.55. The van der Waals surface area contributed by atoms with Crippen LogP contribution in [0, 0.1) is 17.1 Å². The number of carbonyl (C=O) groups excluding carboxylic acids is 2. The van der Waals surface area contributed by atoms with Crippen LogP contribution < -0.4 is 5.32 Å². The van der Waals surface area contributed by atoms with E-state index in [9.17, 15) is 19.2 Å². The van der Waals surface area contributed by atoms with Crippen LogP contribution in [0.4, 0.5) is 9.39 Å². The summed E-state index contributed by atoms with van der Waals surface area (Å²) in [5.41, 5.74) is 1.06. The number of nitrogens with one attached hydrogen (secondary N) is 1. The predicted molar refractivity (Wildman–Crippen MR) is 96.0 cm³/mol. The number of nitrogens with zero attached hydrogens (tertiary/aromatic N) is 1. The van der Waals surface area contributed by atoms with Crippen molar-refractivity contribution in [3.05, 3.63) is 50.6 Å². The van der Waals surface area contributed by atoms with Gasteiger partial charge in [-0.25, -0.2) is 9.18 Å². The number of thiophene rings is 1. The van der Waals surface area contributed by atoms with Crippen molar-refractivity contribution in [2.75, 3.05) is 11.9 Å². The third kappa shape index (κ3) is 3.71. The van der Waals surface area contributed by atoms with Crippen molar-refractivity contribution in [2.24, 2.45) is 0 Å². The molecule has 0 atom stereocenters. The van der Waals surface area contributed by atoms with E-state index in [0.717, 1.165) is 42.2 Å². The summed E-state index contributed by atoms with van der Waals surface area (Å²) in [7, 11) is 0. The minimum absolute atomic E-state index is 0.0897. The maximum atomic E-state index is 13.7. The summed E-state index contributed by atoms with van der Waals surface area (Å²) in [6.45, 7) is -0.600. The molecule has 0 aliphatic heterocycles. The molecule has 1 aliphatic carbocycles. The van der Waals surface area contributed by atoms with Gasteiger partial charge in [-0.2, -0.15) is 5.26 Å². The van der Waals surface area contributed by atoms with E-state index in [4.69, 9.17) is 16.3 Å². The Morgan fingerprint density at radius 1 is 1.35 bits per heavy atom. The van der Waals surface area contributed by atoms with Gasteiger partial charge in [-0.05, 0) is 43.4 Å². The van der Waals surface area contributed by atoms with E-state index < -0.39 is 29.9 Å². The Morgan fingerprint density at radius 2 is 2.12 bits per heavy atom. The lowest BCUT2D eigenvalue weighted by molar-refractivity contribution is -0.119. The van der Waals surface area contributed by atoms with Crippen molar-refractivity contribution in [3.63, 3.8) is 0 Å². The standard InChI is InChI=1S/C18H14ClFN2O3S/c19-12-5-3-6-13(20)16(12)18(24)25-9-15(23)22-17-11(8-21)10-4-1-2-7-14(10)26-17/h3,5-6H,1-2,4,7,9H2,(H,22,23). The SMILES string of the molecule is N#Cc1c(NC(=O)COC(=O)c2c(F)cccc2Cl)sc2c1CCCC2. The van der Waals surface area contributed by atoms with Gasteiger partial charge in [0.15, 0.2) is 6.61 Å². The van der Waals surface area contributed by atoms with Crippen LogP contribution in [-0.4, -0.2) is 18.5 Å². The molecule has 2 aromatic rings. The van der Waals surface area contributed by atoms with Crippen LogP contribution in [0.1, 0.15) is 39.2 Å². The summed E-state index contributed by atoms with van der Waals surface area (Å²) in [5, 5.41) is 12.3. The van der Waals surface area contributed by atoms with Gasteiger partial charge in [-0.3, -0.25) is 4.79 Å². The second kappa shape index (κ2) is 7.85. The Morgan fingerprint density at radius 3 is 2.85 bits per heavy atom. The van der Waals surface area contributed by atoms with Crippen LogP contribution in [0.2, 0.25) is 5.02 Å². The van der Waals surface area contributed by atoms with E-state index in [-0.39, 0.29) is 5.02 Å². The average Bonchev–Trinajstić information content (AvgIpc) is 2.96. The molecule has 0 bridgehead atoms. The number of nitriles is 1. The van der Waals surface area contributed by atoms with Crippen LogP contribution >= 0.6 is 22.9 Å². The molecule has 0 saturated carbocycles. The van der Waals surface area contributed by atoms with Gasteiger partial charge in [-0.1, -0.05) is 17.7 Å². The van der Waals surface area contributed by atoms with Crippen molar-refractivity contribution < 1.29 is 18.7 Å². The first-order valence-corrected chi connectivity index (χ1v) is 9.16. The average molecular weight is 393 g/mol. The van der Waals surface area contributed by atoms with E-state index in [2.05, 4.69) is 11.4 Å². The maximum Gasteiger partial charge on any atom is 0.343 e. The maximum absolute atomic E-state index is 13.7. The first-order chi connectivity index (χ1) is 12.5. The molecule has 8 heteroatoms. The zero-order chi connectivity index (χ0) is 18.7. The van der Waals surface area contributed by atoms with Crippen molar-refractivity contribution in [3.8, 4) is 6.07 Å². The number of amides is 1. The molecule has 3 rings (SSSR count). The highest BCUT2D eigenvalue weighted by molar-refractivity contribution is 7.16. The molecular formula is C18H14ClFN2O3S. The Labute approximate surface area is 158 Å². The molecule has 1 heterocycles. The van der Waals surface area contributed by atoms with Gasteiger partial charge in [-0.15, -0.1) is 11.3 Å². The Bertz CT molecular complexity index is 900. The van der Waals surface area contributed by atoms with Crippen LogP contribution in [0.3, 0.4) is 0 Å². The van der Waals surface area contributed by atoms with Crippen LogP contribution in [-0.2, 0) is 22.4 Å². The quantitative estimate of drug-likeness (QED) is 0.795. The molecule has 0 radical (unpaired) electrons. The van der Waals surface area contributed by atoms with Crippen LogP contribution in [0.25, 0.3) is 0 Å². The van der Waals surface area contributed by atoms with Crippen LogP contribution in [0.15, 0.2) is 18.2 Å². The molecule has 1 aromatic heterocycles. The number of hydrogen-bond donors (Lipinski definition) is 1. The van der Waals surface area contributed by atoms with E-state index in [1.54, 1.807) is 0 Å². The summed E-state index contributed by atoms with van der Waals surface area (Å²) in [4.78, 5) is 25.1. The number of aryl methyl sites for hydroxylation is 1. The Hall–Kier alpha value is -2.43. The van der Waals surface area contributed by atoms with E-state index in [0.29, 0.717) is 10.6 Å². The molecule has 1 N–H and O–H groups in total. The number of carbonyl (C=O) groups is 2. The second-order valence-corrected chi connectivity index (χ2v) is 7.26. The fourth-order valence-corrected chi connectivity index (χ4v) is 4.33. The van der Waals surface area contributed by atoms with Gasteiger partial charge in [0.2, 0.25) is 0 Å². The van der Waals surface area contributed by atoms with Gasteiger partial charge >= 0.3 is 5.97 Å². The number of halogens is 2. The third-order valence-electron chi connectivity index (χ3n) is 4.04. The first kappa shape index (κ1) is 18.4. The Balaban J connectivity index is 1.66. The summed E-state index contributed by atoms with van der Waals surface area (Å²) >= 11 is 7.17. The molecule has 0 saturated heterocycles. The molecule has 0 fully saturated rings. The van der Waals surface area contributed by atoms with Gasteiger partial charge in [0, 0.05) is 4.88 Å². The number of hydrogen-bond acceptors (Lipinski definition) is 5. The molecule has 5 nitrogen and oxygen atoms in total. The number of ether oxygens (including phenoxy) is 1. The topological polar surface area (TPSA) is 79.2 Å². The van der Waals surface area contributed by atoms with Crippen molar-refractivity contribution in [2.45, 2.75) is 25.7 Å². The van der Waals surface area contributed by atoms with Gasteiger partial charge in [0.05, 0.1) is 10.6 Å². The van der Waals surface area contributed by atoms with E-state index in [1.165, 1.54) is 23.5 Å². The highest BCUT2D eigenvalue weighted by Gasteiger charge is 2.23. The lowest BCUT2D eigenvalue weighted by Gasteiger charge is -2.09. The lowest BCUT2D eigenvalue weighted by Crippen LogP contribution is -2.21. The minimum atomic E-state index is -1.02. The van der Waals surface area contributed by atoms with E-state index in [1.807, 2.05) is 0 Å². The first-order valence-electron chi connectivity index (χ1n) is 7.97. The number of esters is 1. The summed E-state index contributed by atoms with van der Waals surface area (Å²) in [5.74, 6) is -2.43. The normalized spacial score (nSPS) is 12.8. The second-order valence-electron chi connectivity index (χ2n) is 5.75. The number of rotatable bonds is 4. The largest absolute Gasteiger partial charge is 0.452 e. The van der Waals surface area contributed by atoms with Gasteiger partial charge < -0.3 is 10.1 Å². The fourth-order valence-electron chi connectivity index (χ4n) is 2.83. The summed E-state index contributed by atoms with van der Waals surface area (Å²) in [6, 6.07) is 5.94. The molecule has 1 aromatic carbocycles. The number of benzene rings is 1. The fraction of sp³-hybridized carbons (Fsp3) is 0.278. The van der Waals surface area contributed by atoms with Gasteiger partial charge in [0.25, 0.3) is 5.91 Å². The van der Waals surface area contributed by atoms with Crippen molar-refractivity contribution >= 4 is 39.8 Å². The highest BCUT2D eigenvalue weighted by atomic mass is 35.5. The zero-order valence-electron chi connectivity index (χ0n) is 13.6. The van der Waals surface area contributed by atoms with Crippen LogP contribution in [0.5, 0.6) is 0 Å². The van der Waals surface area contributed by atoms with Gasteiger partial charge in [0.1, 0.15) is 22.5 Å². The predicted octanol–water partition coefficient (Wildman–Crippen LogP) is 4.09.